The lowest BCUT2D eigenvalue weighted by molar-refractivity contribution is 0.0635. The third kappa shape index (κ3) is 4.27. The number of amides is 2. The molecule has 2 aromatic rings. The van der Waals surface area contributed by atoms with Gasteiger partial charge in [-0.3, -0.25) is 10.1 Å². The third-order valence-electron chi connectivity index (χ3n) is 4.31. The van der Waals surface area contributed by atoms with E-state index in [9.17, 15) is 9.59 Å². The normalized spacial score (nSPS) is 13.7. The van der Waals surface area contributed by atoms with E-state index in [1.165, 1.54) is 0 Å². The van der Waals surface area contributed by atoms with Crippen molar-refractivity contribution in [3.8, 4) is 11.1 Å². The van der Waals surface area contributed by atoms with Crippen molar-refractivity contribution in [2.24, 2.45) is 0 Å². The Hall–Kier alpha value is -2.89. The molecule has 1 N–H and O–H groups in total. The number of nitrogens with one attached hydrogen (secondary N) is 1. The Morgan fingerprint density at radius 2 is 1.85 bits per heavy atom. The highest BCUT2D eigenvalue weighted by atomic mass is 16.6. The van der Waals surface area contributed by atoms with Gasteiger partial charge in [0.1, 0.15) is 11.4 Å². The Morgan fingerprint density at radius 1 is 1.19 bits per heavy atom. The Bertz CT molecular complexity index is 853. The molecule has 0 atom stereocenters. The second-order valence-corrected chi connectivity index (χ2v) is 7.59. The van der Waals surface area contributed by atoms with Gasteiger partial charge in [0.2, 0.25) is 0 Å². The Labute approximate surface area is 159 Å². The molecule has 1 aromatic heterocycles. The Kier molecular flexibility index (Phi) is 5.17. The van der Waals surface area contributed by atoms with Crippen LogP contribution in [0.3, 0.4) is 0 Å². The molecule has 6 heteroatoms. The van der Waals surface area contributed by atoms with Crippen molar-refractivity contribution >= 4 is 17.8 Å². The van der Waals surface area contributed by atoms with E-state index in [1.807, 2.05) is 37.3 Å². The summed E-state index contributed by atoms with van der Waals surface area (Å²) in [6.45, 7) is 8.62. The first kappa shape index (κ1) is 18.9. The van der Waals surface area contributed by atoms with E-state index >= 15 is 0 Å². The summed E-state index contributed by atoms with van der Waals surface area (Å²) >= 11 is 0. The number of rotatable bonds is 3. The summed E-state index contributed by atoms with van der Waals surface area (Å²) in [7, 11) is 0. The molecular formula is C21H24N3O3. The molecule has 1 aliphatic heterocycles. The molecule has 1 aliphatic rings. The molecule has 3 rings (SSSR count). The van der Waals surface area contributed by atoms with E-state index in [0.29, 0.717) is 18.7 Å². The zero-order chi connectivity index (χ0) is 19.6. The SMILES string of the molecule is Cc1c(-c2ccccc2)[c]nc(NC(=O)OC(C)(C)C)c1C(=O)N1CCC1. The molecule has 141 valence electrons. The summed E-state index contributed by atoms with van der Waals surface area (Å²) in [5.41, 5.74) is 2.14. The summed E-state index contributed by atoms with van der Waals surface area (Å²) in [6.07, 6.45) is 3.31. The minimum absolute atomic E-state index is 0.136. The average Bonchev–Trinajstić information content (AvgIpc) is 2.52. The molecule has 0 saturated carbocycles. The van der Waals surface area contributed by atoms with Gasteiger partial charge in [0.15, 0.2) is 0 Å². The van der Waals surface area contributed by atoms with Crippen LogP contribution in [0.15, 0.2) is 30.3 Å². The quantitative estimate of drug-likeness (QED) is 0.889. The molecule has 2 amide bonds. The van der Waals surface area contributed by atoms with Crippen LogP contribution in [0.4, 0.5) is 10.6 Å². The third-order valence-corrected chi connectivity index (χ3v) is 4.31. The molecule has 0 unspecified atom stereocenters. The Balaban J connectivity index is 2.01. The van der Waals surface area contributed by atoms with Crippen LogP contribution in [-0.4, -0.2) is 40.6 Å². The van der Waals surface area contributed by atoms with Gasteiger partial charge in [-0.15, -0.1) is 0 Å². The minimum Gasteiger partial charge on any atom is -0.444 e. The fraction of sp³-hybridized carbons (Fsp3) is 0.381. The monoisotopic (exact) mass is 366 g/mol. The molecule has 6 nitrogen and oxygen atoms in total. The van der Waals surface area contributed by atoms with Gasteiger partial charge >= 0.3 is 6.09 Å². The van der Waals surface area contributed by atoms with Crippen molar-refractivity contribution < 1.29 is 14.3 Å². The number of carbonyl (C=O) groups is 2. The second kappa shape index (κ2) is 7.39. The van der Waals surface area contributed by atoms with Crippen LogP contribution < -0.4 is 5.32 Å². The van der Waals surface area contributed by atoms with Crippen molar-refractivity contribution in [3.05, 3.63) is 47.7 Å². The van der Waals surface area contributed by atoms with Crippen LogP contribution in [0.5, 0.6) is 0 Å². The molecule has 2 heterocycles. The van der Waals surface area contributed by atoms with Crippen LogP contribution in [0, 0.1) is 13.1 Å². The molecule has 1 radical (unpaired) electrons. The zero-order valence-electron chi connectivity index (χ0n) is 16.1. The van der Waals surface area contributed by atoms with Crippen LogP contribution in [0.2, 0.25) is 0 Å². The van der Waals surface area contributed by atoms with E-state index < -0.39 is 11.7 Å². The van der Waals surface area contributed by atoms with E-state index in [4.69, 9.17) is 4.74 Å². The van der Waals surface area contributed by atoms with Gasteiger partial charge in [-0.05, 0) is 45.2 Å². The van der Waals surface area contributed by atoms with E-state index in [2.05, 4.69) is 16.5 Å². The Morgan fingerprint density at radius 3 is 2.41 bits per heavy atom. The highest BCUT2D eigenvalue weighted by Crippen LogP contribution is 2.30. The number of hydrogen-bond acceptors (Lipinski definition) is 4. The van der Waals surface area contributed by atoms with Gasteiger partial charge < -0.3 is 9.64 Å². The van der Waals surface area contributed by atoms with Crippen molar-refractivity contribution in [1.29, 1.82) is 0 Å². The maximum absolute atomic E-state index is 13.0. The molecule has 0 spiro atoms. The van der Waals surface area contributed by atoms with Gasteiger partial charge in [0.25, 0.3) is 5.91 Å². The predicted molar refractivity (Wildman–Crippen MR) is 104 cm³/mol. The van der Waals surface area contributed by atoms with E-state index in [-0.39, 0.29) is 11.7 Å². The largest absolute Gasteiger partial charge is 0.444 e. The number of nitrogens with zero attached hydrogens (tertiary/aromatic N) is 2. The number of aromatic nitrogens is 1. The highest BCUT2D eigenvalue weighted by Gasteiger charge is 2.29. The molecule has 0 aliphatic carbocycles. The van der Waals surface area contributed by atoms with Gasteiger partial charge in [-0.2, -0.15) is 0 Å². The fourth-order valence-corrected chi connectivity index (χ4v) is 2.87. The van der Waals surface area contributed by atoms with Gasteiger partial charge in [0, 0.05) is 18.7 Å². The fourth-order valence-electron chi connectivity index (χ4n) is 2.87. The first-order valence-electron chi connectivity index (χ1n) is 9.03. The minimum atomic E-state index is -0.645. The highest BCUT2D eigenvalue weighted by molar-refractivity contribution is 6.04. The lowest BCUT2D eigenvalue weighted by Crippen LogP contribution is -2.42. The van der Waals surface area contributed by atoms with Crippen molar-refractivity contribution in [1.82, 2.24) is 9.88 Å². The number of benzene rings is 1. The maximum atomic E-state index is 13.0. The predicted octanol–water partition coefficient (Wildman–Crippen LogP) is 4.05. The van der Waals surface area contributed by atoms with Crippen molar-refractivity contribution in [3.63, 3.8) is 0 Å². The van der Waals surface area contributed by atoms with Crippen LogP contribution in [-0.2, 0) is 4.74 Å². The first-order chi connectivity index (χ1) is 12.8. The lowest BCUT2D eigenvalue weighted by Gasteiger charge is -2.32. The number of pyridine rings is 1. The van der Waals surface area contributed by atoms with Gasteiger partial charge in [-0.1, -0.05) is 30.3 Å². The molecule has 1 saturated heterocycles. The number of ether oxygens (including phenoxy) is 1. The summed E-state index contributed by atoms with van der Waals surface area (Å²) in [6, 6.07) is 9.66. The number of hydrogen-bond donors (Lipinski definition) is 1. The molecule has 1 aromatic carbocycles. The molecule has 1 fully saturated rings. The molecular weight excluding hydrogens is 342 g/mol. The van der Waals surface area contributed by atoms with Gasteiger partial charge in [-0.25, -0.2) is 9.78 Å². The molecule has 27 heavy (non-hydrogen) atoms. The van der Waals surface area contributed by atoms with Gasteiger partial charge in [0.05, 0.1) is 11.8 Å². The average molecular weight is 366 g/mol. The summed E-state index contributed by atoms with van der Waals surface area (Å²) in [5, 5.41) is 2.62. The number of carbonyl (C=O) groups excluding carboxylic acids is 2. The summed E-state index contributed by atoms with van der Waals surface area (Å²) in [4.78, 5) is 31.2. The summed E-state index contributed by atoms with van der Waals surface area (Å²) in [5.74, 6) is 0.0434. The van der Waals surface area contributed by atoms with Crippen LogP contribution >= 0.6 is 0 Å². The lowest BCUT2D eigenvalue weighted by atomic mass is 9.97. The second-order valence-electron chi connectivity index (χ2n) is 7.59. The summed E-state index contributed by atoms with van der Waals surface area (Å²) < 4.78 is 5.30. The number of likely N-dealkylation sites (tertiary alicyclic amines) is 1. The topological polar surface area (TPSA) is 71.5 Å². The van der Waals surface area contributed by atoms with Crippen molar-refractivity contribution in [2.45, 2.75) is 39.7 Å². The maximum Gasteiger partial charge on any atom is 0.413 e. The first-order valence-corrected chi connectivity index (χ1v) is 9.03. The van der Waals surface area contributed by atoms with Crippen molar-refractivity contribution in [2.75, 3.05) is 18.4 Å². The van der Waals surface area contributed by atoms with E-state index in [0.717, 1.165) is 23.1 Å². The standard InChI is InChI=1S/C21H24N3O3/c1-14-16(15-9-6-5-7-10-15)13-22-18(23-20(26)27-21(2,3)4)17(14)19(25)24-11-8-12-24/h5-7,9-10H,8,11-12H2,1-4H3,(H,22,23,26). The van der Waals surface area contributed by atoms with Crippen LogP contribution in [0.1, 0.15) is 43.1 Å². The number of anilines is 1. The molecule has 0 bridgehead atoms. The zero-order valence-corrected chi connectivity index (χ0v) is 16.1. The smallest absolute Gasteiger partial charge is 0.413 e. The van der Waals surface area contributed by atoms with Crippen LogP contribution in [0.25, 0.3) is 11.1 Å². The van der Waals surface area contributed by atoms with E-state index in [1.54, 1.807) is 25.7 Å².